The van der Waals surface area contributed by atoms with E-state index in [0.717, 1.165) is 48.0 Å². The van der Waals surface area contributed by atoms with Gasteiger partial charge in [0.05, 0.1) is 17.0 Å². The van der Waals surface area contributed by atoms with E-state index in [1.807, 2.05) is 18.2 Å². The van der Waals surface area contributed by atoms with E-state index in [2.05, 4.69) is 4.90 Å². The average Bonchev–Trinajstić information content (AvgIpc) is 2.89. The second-order valence-corrected chi connectivity index (χ2v) is 8.61. The molecule has 2 amide bonds. The van der Waals surface area contributed by atoms with Gasteiger partial charge in [0.1, 0.15) is 6.61 Å². The molecule has 0 N–H and O–H groups in total. The quantitative estimate of drug-likeness (QED) is 0.228. The smallest absolute Gasteiger partial charge is 0.338 e. The molecule has 0 atom stereocenters. The highest BCUT2D eigenvalue weighted by atomic mass is 16.6. The lowest BCUT2D eigenvalue weighted by Gasteiger charge is -2.32. The Morgan fingerprint density at radius 1 is 0.943 bits per heavy atom. The first kappa shape index (κ1) is 22.5. The minimum Gasteiger partial charge on any atom is -0.460 e. The predicted octanol–water partition coefficient (Wildman–Crippen LogP) is 4.19. The van der Waals surface area contributed by atoms with Gasteiger partial charge in [-0.25, -0.2) is 4.79 Å². The molecule has 2 aliphatic rings. The first-order valence-electron chi connectivity index (χ1n) is 11.5. The number of nitrogens with zero attached hydrogens (tertiary/aromatic N) is 3. The molecule has 35 heavy (non-hydrogen) atoms. The highest BCUT2D eigenvalue weighted by Gasteiger charge is 2.34. The lowest BCUT2D eigenvalue weighted by Crippen LogP contribution is -2.42. The zero-order chi connectivity index (χ0) is 24.5. The highest BCUT2D eigenvalue weighted by molar-refractivity contribution is 6.26. The Kier molecular flexibility index (Phi) is 5.90. The Morgan fingerprint density at radius 2 is 1.66 bits per heavy atom. The molecule has 0 spiro atoms. The number of amides is 2. The van der Waals surface area contributed by atoms with Crippen LogP contribution in [-0.4, -0.2) is 53.8 Å². The number of carbonyl (C=O) groups excluding carboxylic acids is 3. The zero-order valence-electron chi connectivity index (χ0n) is 18.9. The van der Waals surface area contributed by atoms with Crippen molar-refractivity contribution in [2.75, 3.05) is 31.1 Å². The third-order valence-corrected chi connectivity index (χ3v) is 6.51. The monoisotopic (exact) mass is 473 g/mol. The topological polar surface area (TPSA) is 110 Å². The van der Waals surface area contributed by atoms with Crippen LogP contribution in [0.4, 0.5) is 11.4 Å². The van der Waals surface area contributed by atoms with E-state index in [1.165, 1.54) is 24.6 Å². The lowest BCUT2D eigenvalue weighted by molar-refractivity contribution is -0.384. The molecule has 9 heteroatoms. The van der Waals surface area contributed by atoms with Gasteiger partial charge in [-0.1, -0.05) is 18.2 Å². The fraction of sp³-hybridized carbons (Fsp3) is 0.269. The van der Waals surface area contributed by atoms with Gasteiger partial charge >= 0.3 is 5.97 Å². The molecular formula is C26H23N3O6. The number of imide groups is 1. The summed E-state index contributed by atoms with van der Waals surface area (Å²) in [5, 5.41) is 12.5. The summed E-state index contributed by atoms with van der Waals surface area (Å²) in [6.45, 7) is 1.55. The van der Waals surface area contributed by atoms with E-state index >= 15 is 0 Å². The number of piperidine rings is 1. The Hall–Kier alpha value is -4.27. The lowest BCUT2D eigenvalue weighted by atomic mass is 9.92. The van der Waals surface area contributed by atoms with Gasteiger partial charge in [0, 0.05) is 52.8 Å². The molecule has 0 radical (unpaired) electrons. The second-order valence-electron chi connectivity index (χ2n) is 8.61. The number of nitro groups is 1. The largest absolute Gasteiger partial charge is 0.460 e. The van der Waals surface area contributed by atoms with Crippen molar-refractivity contribution < 1.29 is 24.0 Å². The standard InChI is InChI=1S/C26H23N3O6/c30-24-20-9-5-8-19-22(27-12-2-1-3-13-27)11-10-21(23(19)20)25(31)28(24)14-15-35-26(32)17-6-4-7-18(16-17)29(33)34/h4-11,16H,1-3,12-15H2. The van der Waals surface area contributed by atoms with Crippen LogP contribution in [0.25, 0.3) is 10.8 Å². The minimum atomic E-state index is -0.765. The van der Waals surface area contributed by atoms with E-state index < -0.39 is 22.7 Å². The number of nitro benzene ring substituents is 1. The van der Waals surface area contributed by atoms with Crippen LogP contribution in [0.5, 0.6) is 0 Å². The average molecular weight is 473 g/mol. The number of non-ortho nitro benzene ring substituents is 1. The number of rotatable bonds is 6. The van der Waals surface area contributed by atoms with E-state index in [1.54, 1.807) is 12.1 Å². The highest BCUT2D eigenvalue weighted by Crippen LogP contribution is 2.36. The Labute approximate surface area is 201 Å². The van der Waals surface area contributed by atoms with Crippen molar-refractivity contribution in [3.8, 4) is 0 Å². The molecule has 0 bridgehead atoms. The Morgan fingerprint density at radius 3 is 2.40 bits per heavy atom. The molecule has 1 fully saturated rings. The molecule has 0 aromatic heterocycles. The van der Waals surface area contributed by atoms with Crippen molar-refractivity contribution in [3.63, 3.8) is 0 Å². The molecule has 9 nitrogen and oxygen atoms in total. The maximum Gasteiger partial charge on any atom is 0.338 e. The third kappa shape index (κ3) is 4.09. The van der Waals surface area contributed by atoms with Crippen LogP contribution < -0.4 is 4.90 Å². The van der Waals surface area contributed by atoms with Crippen LogP contribution in [0.1, 0.15) is 50.3 Å². The predicted molar refractivity (Wildman–Crippen MR) is 129 cm³/mol. The molecule has 5 rings (SSSR count). The maximum absolute atomic E-state index is 13.2. The summed E-state index contributed by atoms with van der Waals surface area (Å²) in [6, 6.07) is 14.4. The van der Waals surface area contributed by atoms with Gasteiger partial charge in [-0.3, -0.25) is 24.6 Å². The van der Waals surface area contributed by atoms with Crippen molar-refractivity contribution in [1.29, 1.82) is 0 Å². The molecule has 3 aromatic carbocycles. The van der Waals surface area contributed by atoms with Crippen molar-refractivity contribution in [1.82, 2.24) is 4.90 Å². The second kappa shape index (κ2) is 9.17. The summed E-state index contributed by atoms with van der Waals surface area (Å²) in [4.78, 5) is 52.5. The van der Waals surface area contributed by atoms with E-state index in [4.69, 9.17) is 4.74 Å². The molecule has 0 aliphatic carbocycles. The van der Waals surface area contributed by atoms with Crippen LogP contribution in [-0.2, 0) is 4.74 Å². The summed E-state index contributed by atoms with van der Waals surface area (Å²) < 4.78 is 5.21. The van der Waals surface area contributed by atoms with E-state index in [-0.39, 0.29) is 24.4 Å². The van der Waals surface area contributed by atoms with Gasteiger partial charge in [0.2, 0.25) is 0 Å². The minimum absolute atomic E-state index is 0.0239. The first-order chi connectivity index (χ1) is 17.0. The SMILES string of the molecule is O=C(OCCN1C(=O)c2cccc3c(N4CCCCC4)ccc(c23)C1=O)c1cccc([N+](=O)[O-])c1. The summed E-state index contributed by atoms with van der Waals surface area (Å²) in [5.74, 6) is -1.63. The van der Waals surface area contributed by atoms with Gasteiger partial charge in [-0.2, -0.15) is 0 Å². The van der Waals surface area contributed by atoms with Crippen molar-refractivity contribution >= 4 is 39.9 Å². The van der Waals surface area contributed by atoms with Gasteiger partial charge in [0.25, 0.3) is 17.5 Å². The van der Waals surface area contributed by atoms with E-state index in [0.29, 0.717) is 16.5 Å². The fourth-order valence-electron chi connectivity index (χ4n) is 4.80. The normalized spacial score (nSPS) is 15.4. The van der Waals surface area contributed by atoms with Gasteiger partial charge < -0.3 is 9.64 Å². The molecule has 2 aliphatic heterocycles. The molecule has 178 valence electrons. The molecule has 2 heterocycles. The molecule has 3 aromatic rings. The molecule has 1 saturated heterocycles. The summed E-state index contributed by atoms with van der Waals surface area (Å²) >= 11 is 0. The Bertz CT molecular complexity index is 1340. The van der Waals surface area contributed by atoms with Gasteiger partial charge in [-0.05, 0) is 43.5 Å². The number of ether oxygens (including phenoxy) is 1. The van der Waals surface area contributed by atoms with Crippen LogP contribution in [0, 0.1) is 10.1 Å². The van der Waals surface area contributed by atoms with Crippen LogP contribution in [0.15, 0.2) is 54.6 Å². The number of esters is 1. The van der Waals surface area contributed by atoms with Gasteiger partial charge in [0.15, 0.2) is 0 Å². The number of benzene rings is 3. The number of hydrogen-bond donors (Lipinski definition) is 0. The van der Waals surface area contributed by atoms with Crippen LogP contribution in [0.2, 0.25) is 0 Å². The number of hydrogen-bond acceptors (Lipinski definition) is 7. The fourth-order valence-corrected chi connectivity index (χ4v) is 4.80. The van der Waals surface area contributed by atoms with E-state index in [9.17, 15) is 24.5 Å². The van der Waals surface area contributed by atoms with Gasteiger partial charge in [-0.15, -0.1) is 0 Å². The van der Waals surface area contributed by atoms with Crippen molar-refractivity contribution in [2.24, 2.45) is 0 Å². The summed E-state index contributed by atoms with van der Waals surface area (Å²) in [7, 11) is 0. The molecule has 0 unspecified atom stereocenters. The van der Waals surface area contributed by atoms with Crippen molar-refractivity contribution in [2.45, 2.75) is 19.3 Å². The Balaban J connectivity index is 1.35. The first-order valence-corrected chi connectivity index (χ1v) is 11.5. The third-order valence-electron chi connectivity index (χ3n) is 6.51. The van der Waals surface area contributed by atoms with Crippen molar-refractivity contribution in [3.05, 3.63) is 81.4 Å². The summed E-state index contributed by atoms with van der Waals surface area (Å²) in [5.41, 5.74) is 1.72. The van der Waals surface area contributed by atoms with Crippen LogP contribution in [0.3, 0.4) is 0 Å². The molecule has 0 saturated carbocycles. The maximum atomic E-state index is 13.2. The zero-order valence-corrected chi connectivity index (χ0v) is 18.9. The molecular weight excluding hydrogens is 450 g/mol. The number of carbonyl (C=O) groups is 3. The van der Waals surface area contributed by atoms with Crippen LogP contribution >= 0.6 is 0 Å². The number of anilines is 1. The summed E-state index contributed by atoms with van der Waals surface area (Å²) in [6.07, 6.45) is 3.43.